The lowest BCUT2D eigenvalue weighted by Gasteiger charge is -2.41. The molecule has 1 heterocycles. The van der Waals surface area contributed by atoms with Gasteiger partial charge in [0, 0.05) is 31.2 Å². The molecule has 1 amide bonds. The highest BCUT2D eigenvalue weighted by molar-refractivity contribution is 5.90. The molecule has 1 N–H and O–H groups in total. The maximum atomic E-state index is 13.3. The summed E-state index contributed by atoms with van der Waals surface area (Å²) in [4.78, 5) is 17.1. The van der Waals surface area contributed by atoms with Crippen molar-refractivity contribution in [3.05, 3.63) is 66.0 Å². The monoisotopic (exact) mass is 383 g/mol. The van der Waals surface area contributed by atoms with Gasteiger partial charge in [0.05, 0.1) is 0 Å². The average Bonchev–Trinajstić information content (AvgIpc) is 2.67. The molecule has 5 heteroatoms. The molecule has 3 rings (SSSR count). The van der Waals surface area contributed by atoms with Crippen LogP contribution in [0.25, 0.3) is 0 Å². The van der Waals surface area contributed by atoms with Crippen LogP contribution in [0.2, 0.25) is 0 Å². The van der Waals surface area contributed by atoms with E-state index in [9.17, 15) is 9.18 Å². The Kier molecular flexibility index (Phi) is 7.18. The molecule has 0 bridgehead atoms. The Balaban J connectivity index is 1.56. The van der Waals surface area contributed by atoms with E-state index in [0.717, 1.165) is 32.5 Å². The maximum Gasteiger partial charge on any atom is 0.224 e. The molecule has 0 aliphatic carbocycles. The number of benzene rings is 2. The summed E-state index contributed by atoms with van der Waals surface area (Å²) in [6.07, 6.45) is 2.38. The Bertz CT molecular complexity index is 765. The highest BCUT2D eigenvalue weighted by Crippen LogP contribution is 2.26. The van der Waals surface area contributed by atoms with Crippen LogP contribution in [0.1, 0.15) is 24.8 Å². The van der Waals surface area contributed by atoms with Gasteiger partial charge in [-0.25, -0.2) is 4.39 Å². The molecule has 0 saturated carbocycles. The lowest BCUT2D eigenvalue weighted by Crippen LogP contribution is -2.48. The van der Waals surface area contributed by atoms with E-state index in [2.05, 4.69) is 53.5 Å². The van der Waals surface area contributed by atoms with Crippen molar-refractivity contribution in [1.82, 2.24) is 9.80 Å². The zero-order valence-corrected chi connectivity index (χ0v) is 16.8. The number of anilines is 1. The van der Waals surface area contributed by atoms with Crippen LogP contribution in [0.15, 0.2) is 54.6 Å². The Morgan fingerprint density at radius 2 is 1.96 bits per heavy atom. The van der Waals surface area contributed by atoms with Crippen LogP contribution in [-0.2, 0) is 11.3 Å². The topological polar surface area (TPSA) is 35.6 Å². The predicted molar refractivity (Wildman–Crippen MR) is 112 cm³/mol. The Morgan fingerprint density at radius 3 is 2.68 bits per heavy atom. The van der Waals surface area contributed by atoms with Crippen molar-refractivity contribution in [3.63, 3.8) is 0 Å². The summed E-state index contributed by atoms with van der Waals surface area (Å²) in [5.41, 5.74) is 1.84. The van der Waals surface area contributed by atoms with Crippen molar-refractivity contribution in [2.45, 2.75) is 31.8 Å². The average molecular weight is 384 g/mol. The highest BCUT2D eigenvalue weighted by atomic mass is 19.1. The fourth-order valence-electron chi connectivity index (χ4n) is 4.15. The first-order valence-corrected chi connectivity index (χ1v) is 9.99. The van der Waals surface area contributed by atoms with Gasteiger partial charge in [-0.3, -0.25) is 9.69 Å². The van der Waals surface area contributed by atoms with Gasteiger partial charge in [-0.15, -0.1) is 0 Å². The molecule has 1 aliphatic heterocycles. The number of carbonyl (C=O) groups is 1. The van der Waals surface area contributed by atoms with Crippen molar-refractivity contribution in [2.75, 3.05) is 32.5 Å². The molecule has 0 unspecified atom stereocenters. The minimum absolute atomic E-state index is 0.0525. The molecule has 4 nitrogen and oxygen atoms in total. The summed E-state index contributed by atoms with van der Waals surface area (Å²) >= 11 is 0. The minimum Gasteiger partial charge on any atom is -0.326 e. The number of hydrogen-bond acceptors (Lipinski definition) is 3. The first-order chi connectivity index (χ1) is 13.5. The second-order valence-electron chi connectivity index (χ2n) is 7.90. The van der Waals surface area contributed by atoms with Crippen molar-refractivity contribution in [3.8, 4) is 0 Å². The lowest BCUT2D eigenvalue weighted by atomic mass is 9.87. The molecule has 28 heavy (non-hydrogen) atoms. The first-order valence-electron chi connectivity index (χ1n) is 9.99. The summed E-state index contributed by atoms with van der Waals surface area (Å²) in [5, 5.41) is 2.81. The van der Waals surface area contributed by atoms with E-state index in [1.54, 1.807) is 12.1 Å². The lowest BCUT2D eigenvalue weighted by molar-refractivity contribution is -0.116. The summed E-state index contributed by atoms with van der Waals surface area (Å²) in [7, 11) is 4.24. The van der Waals surface area contributed by atoms with E-state index < -0.39 is 0 Å². The third-order valence-corrected chi connectivity index (χ3v) is 5.54. The molecule has 2 aromatic carbocycles. The summed E-state index contributed by atoms with van der Waals surface area (Å²) in [6.45, 7) is 3.02. The normalized spacial score (nSPS) is 20.3. The summed E-state index contributed by atoms with van der Waals surface area (Å²) in [5.74, 6) is 0.0447. The molecule has 1 fully saturated rings. The number of nitrogens with one attached hydrogen (secondary N) is 1. The first kappa shape index (κ1) is 20.5. The number of amides is 1. The Morgan fingerprint density at radius 1 is 1.18 bits per heavy atom. The SMILES string of the molecule is CN(C)[C@@H]1CCN(Cc2ccccc2)C[C@@H]1CCC(=O)Nc1cccc(F)c1. The quantitative estimate of drug-likeness (QED) is 0.785. The number of carbonyl (C=O) groups excluding carboxylic acids is 1. The van der Waals surface area contributed by atoms with E-state index in [1.807, 2.05) is 6.07 Å². The molecule has 0 radical (unpaired) electrons. The molecular formula is C23H30FN3O. The molecular weight excluding hydrogens is 353 g/mol. The van der Waals surface area contributed by atoms with Gasteiger partial charge < -0.3 is 10.2 Å². The van der Waals surface area contributed by atoms with Gasteiger partial charge in [0.15, 0.2) is 0 Å². The third-order valence-electron chi connectivity index (χ3n) is 5.54. The maximum absolute atomic E-state index is 13.3. The van der Waals surface area contributed by atoms with Crippen LogP contribution in [0.3, 0.4) is 0 Å². The van der Waals surface area contributed by atoms with Crippen molar-refractivity contribution in [1.29, 1.82) is 0 Å². The van der Waals surface area contributed by atoms with E-state index in [-0.39, 0.29) is 11.7 Å². The smallest absolute Gasteiger partial charge is 0.224 e. The fraction of sp³-hybridized carbons (Fsp3) is 0.435. The molecule has 2 atom stereocenters. The Labute approximate surface area is 167 Å². The van der Waals surface area contributed by atoms with Crippen LogP contribution in [0.4, 0.5) is 10.1 Å². The van der Waals surface area contributed by atoms with Crippen LogP contribution < -0.4 is 5.32 Å². The van der Waals surface area contributed by atoms with E-state index in [4.69, 9.17) is 0 Å². The molecule has 1 saturated heterocycles. The Hall–Kier alpha value is -2.24. The van der Waals surface area contributed by atoms with E-state index >= 15 is 0 Å². The number of halogens is 1. The number of likely N-dealkylation sites (tertiary alicyclic amines) is 1. The number of hydrogen-bond donors (Lipinski definition) is 1. The summed E-state index contributed by atoms with van der Waals surface area (Å²) < 4.78 is 13.3. The second kappa shape index (κ2) is 9.80. The highest BCUT2D eigenvalue weighted by Gasteiger charge is 2.30. The molecule has 0 aromatic heterocycles. The molecule has 2 aromatic rings. The van der Waals surface area contributed by atoms with Crippen LogP contribution in [0, 0.1) is 11.7 Å². The zero-order chi connectivity index (χ0) is 19.9. The minimum atomic E-state index is -0.339. The van der Waals surface area contributed by atoms with Crippen molar-refractivity contribution >= 4 is 11.6 Å². The third kappa shape index (κ3) is 5.88. The van der Waals surface area contributed by atoms with Crippen molar-refractivity contribution in [2.24, 2.45) is 5.92 Å². The van der Waals surface area contributed by atoms with Gasteiger partial charge in [0.1, 0.15) is 5.82 Å². The van der Waals surface area contributed by atoms with Gasteiger partial charge in [-0.1, -0.05) is 36.4 Å². The van der Waals surface area contributed by atoms with Gasteiger partial charge in [-0.2, -0.15) is 0 Å². The largest absolute Gasteiger partial charge is 0.326 e. The fourth-order valence-corrected chi connectivity index (χ4v) is 4.15. The van der Waals surface area contributed by atoms with Crippen LogP contribution in [0.5, 0.6) is 0 Å². The molecule has 150 valence electrons. The van der Waals surface area contributed by atoms with Gasteiger partial charge in [-0.05, 0) is 63.2 Å². The van der Waals surface area contributed by atoms with Gasteiger partial charge >= 0.3 is 0 Å². The molecule has 0 spiro atoms. The zero-order valence-electron chi connectivity index (χ0n) is 16.8. The number of nitrogens with zero attached hydrogens (tertiary/aromatic N) is 2. The van der Waals surface area contributed by atoms with Crippen LogP contribution >= 0.6 is 0 Å². The second-order valence-corrected chi connectivity index (χ2v) is 7.90. The van der Waals surface area contributed by atoms with Crippen molar-refractivity contribution < 1.29 is 9.18 Å². The predicted octanol–water partition coefficient (Wildman–Crippen LogP) is 4.00. The van der Waals surface area contributed by atoms with Gasteiger partial charge in [0.25, 0.3) is 0 Å². The van der Waals surface area contributed by atoms with Gasteiger partial charge in [0.2, 0.25) is 5.91 Å². The number of piperidine rings is 1. The van der Waals surface area contributed by atoms with E-state index in [1.165, 1.54) is 17.7 Å². The summed E-state index contributed by atoms with van der Waals surface area (Å²) in [6, 6.07) is 17.1. The van der Waals surface area contributed by atoms with Crippen LogP contribution in [-0.4, -0.2) is 48.9 Å². The standard InChI is InChI=1S/C23H30FN3O/c1-26(2)22-13-14-27(16-18-7-4-3-5-8-18)17-19(22)11-12-23(28)25-21-10-6-9-20(24)15-21/h3-10,15,19,22H,11-14,16-17H2,1-2H3,(H,25,28)/t19-,22+/m0/s1. The molecule has 1 aliphatic rings. The number of rotatable bonds is 7. The van der Waals surface area contributed by atoms with E-state index in [0.29, 0.717) is 24.1 Å².